The van der Waals surface area contributed by atoms with Crippen molar-refractivity contribution in [2.45, 2.75) is 57.1 Å². The van der Waals surface area contributed by atoms with Gasteiger partial charge in [0, 0.05) is 6.54 Å². The highest BCUT2D eigenvalue weighted by atomic mass is 16.4. The zero-order valence-electron chi connectivity index (χ0n) is 9.55. The van der Waals surface area contributed by atoms with Gasteiger partial charge in [-0.3, -0.25) is 10.1 Å². The van der Waals surface area contributed by atoms with E-state index in [0.29, 0.717) is 13.0 Å². The van der Waals surface area contributed by atoms with E-state index < -0.39 is 17.1 Å². The molecular formula is C11H21NO3. The summed E-state index contributed by atoms with van der Waals surface area (Å²) in [5.41, 5.74) is -1.61. The van der Waals surface area contributed by atoms with Crippen molar-refractivity contribution < 1.29 is 15.0 Å². The lowest BCUT2D eigenvalue weighted by molar-refractivity contribution is -0.144. The fourth-order valence-electron chi connectivity index (χ4n) is 1.92. The largest absolute Gasteiger partial charge is 0.480 e. The van der Waals surface area contributed by atoms with Crippen LogP contribution < -0.4 is 5.32 Å². The minimum Gasteiger partial charge on any atom is -0.480 e. The molecule has 4 heteroatoms. The zero-order valence-corrected chi connectivity index (χ0v) is 9.55. The van der Waals surface area contributed by atoms with Gasteiger partial charge < -0.3 is 10.2 Å². The highest BCUT2D eigenvalue weighted by molar-refractivity contribution is 5.78. The summed E-state index contributed by atoms with van der Waals surface area (Å²) in [6, 6.07) is 0. The SMILES string of the molecule is CCC(C)(NCC1(O)CCCC1)C(=O)O. The molecule has 4 nitrogen and oxygen atoms in total. The molecule has 1 aliphatic carbocycles. The van der Waals surface area contributed by atoms with Gasteiger partial charge >= 0.3 is 5.97 Å². The van der Waals surface area contributed by atoms with Crippen molar-refractivity contribution >= 4 is 5.97 Å². The summed E-state index contributed by atoms with van der Waals surface area (Å²) in [6.07, 6.45) is 4.14. The standard InChI is InChI=1S/C11H21NO3/c1-3-10(2,9(13)14)12-8-11(15)6-4-5-7-11/h12,15H,3-8H2,1-2H3,(H,13,14). The molecule has 1 atom stereocenters. The van der Waals surface area contributed by atoms with Crippen molar-refractivity contribution in [2.75, 3.05) is 6.54 Å². The number of hydrogen-bond acceptors (Lipinski definition) is 3. The first kappa shape index (κ1) is 12.5. The molecule has 15 heavy (non-hydrogen) atoms. The predicted octanol–water partition coefficient (Wildman–Crippen LogP) is 1.13. The van der Waals surface area contributed by atoms with Crippen LogP contribution in [0.5, 0.6) is 0 Å². The quantitative estimate of drug-likeness (QED) is 0.643. The first-order valence-corrected chi connectivity index (χ1v) is 5.63. The Morgan fingerprint density at radius 2 is 2.00 bits per heavy atom. The van der Waals surface area contributed by atoms with Gasteiger partial charge in [0.1, 0.15) is 5.54 Å². The molecule has 3 N–H and O–H groups in total. The third-order valence-corrected chi connectivity index (χ3v) is 3.52. The molecule has 0 amide bonds. The topological polar surface area (TPSA) is 69.6 Å². The molecule has 1 unspecified atom stereocenters. The maximum Gasteiger partial charge on any atom is 0.323 e. The molecular weight excluding hydrogens is 194 g/mol. The molecule has 1 saturated carbocycles. The van der Waals surface area contributed by atoms with Gasteiger partial charge in [-0.05, 0) is 26.2 Å². The van der Waals surface area contributed by atoms with Crippen LogP contribution in [0.15, 0.2) is 0 Å². The summed E-state index contributed by atoms with van der Waals surface area (Å²) in [6.45, 7) is 3.87. The van der Waals surface area contributed by atoms with Crippen LogP contribution in [0, 0.1) is 0 Å². The number of rotatable bonds is 5. The summed E-state index contributed by atoms with van der Waals surface area (Å²) >= 11 is 0. The molecule has 0 spiro atoms. The number of carboxylic acid groups (broad SMARTS) is 1. The summed E-state index contributed by atoms with van der Waals surface area (Å²) in [5, 5.41) is 22.1. The average Bonchev–Trinajstić information content (AvgIpc) is 2.62. The molecule has 88 valence electrons. The second kappa shape index (κ2) is 4.49. The Bertz CT molecular complexity index is 236. The highest BCUT2D eigenvalue weighted by Crippen LogP contribution is 2.29. The molecule has 1 aliphatic rings. The second-order valence-corrected chi connectivity index (χ2v) is 4.78. The fraction of sp³-hybridized carbons (Fsp3) is 0.909. The number of carboxylic acids is 1. The van der Waals surface area contributed by atoms with E-state index in [4.69, 9.17) is 5.11 Å². The van der Waals surface area contributed by atoms with E-state index in [0.717, 1.165) is 25.7 Å². The van der Waals surface area contributed by atoms with Gasteiger partial charge in [-0.15, -0.1) is 0 Å². The van der Waals surface area contributed by atoms with Gasteiger partial charge in [0.15, 0.2) is 0 Å². The van der Waals surface area contributed by atoms with E-state index in [9.17, 15) is 9.90 Å². The van der Waals surface area contributed by atoms with Crippen LogP contribution in [0.3, 0.4) is 0 Å². The van der Waals surface area contributed by atoms with E-state index >= 15 is 0 Å². The normalized spacial score (nSPS) is 23.7. The van der Waals surface area contributed by atoms with Crippen molar-refractivity contribution in [3.8, 4) is 0 Å². The van der Waals surface area contributed by atoms with Gasteiger partial charge in [0.25, 0.3) is 0 Å². The van der Waals surface area contributed by atoms with Crippen LogP contribution >= 0.6 is 0 Å². The number of hydrogen-bond donors (Lipinski definition) is 3. The van der Waals surface area contributed by atoms with E-state index in [1.165, 1.54) is 0 Å². The van der Waals surface area contributed by atoms with Gasteiger partial charge in [-0.2, -0.15) is 0 Å². The van der Waals surface area contributed by atoms with Crippen LogP contribution in [0.1, 0.15) is 46.0 Å². The third kappa shape index (κ3) is 2.92. The smallest absolute Gasteiger partial charge is 0.323 e. The number of carbonyl (C=O) groups is 1. The van der Waals surface area contributed by atoms with E-state index in [-0.39, 0.29) is 0 Å². The molecule has 0 aromatic carbocycles. The van der Waals surface area contributed by atoms with Crippen LogP contribution in [-0.4, -0.2) is 33.9 Å². The molecule has 0 radical (unpaired) electrons. The monoisotopic (exact) mass is 215 g/mol. The lowest BCUT2D eigenvalue weighted by Crippen LogP contribution is -2.54. The molecule has 0 bridgehead atoms. The van der Waals surface area contributed by atoms with E-state index in [1.807, 2.05) is 6.92 Å². The second-order valence-electron chi connectivity index (χ2n) is 4.78. The summed E-state index contributed by atoms with van der Waals surface area (Å²) in [7, 11) is 0. The van der Waals surface area contributed by atoms with Gasteiger partial charge in [0.05, 0.1) is 5.60 Å². The molecule has 0 aromatic rings. The minimum absolute atomic E-state index is 0.379. The lowest BCUT2D eigenvalue weighted by atomic mass is 9.96. The van der Waals surface area contributed by atoms with E-state index in [2.05, 4.69) is 5.32 Å². The number of aliphatic hydroxyl groups is 1. The summed E-state index contributed by atoms with van der Waals surface area (Å²) < 4.78 is 0. The minimum atomic E-state index is -0.918. The van der Waals surface area contributed by atoms with Crippen molar-refractivity contribution in [3.05, 3.63) is 0 Å². The zero-order chi connectivity index (χ0) is 11.5. The Kier molecular flexibility index (Phi) is 3.73. The first-order valence-electron chi connectivity index (χ1n) is 5.63. The Morgan fingerprint density at radius 3 is 2.40 bits per heavy atom. The maximum absolute atomic E-state index is 11.0. The van der Waals surface area contributed by atoms with Gasteiger partial charge in [-0.1, -0.05) is 19.8 Å². The number of β-amino-alcohol motifs (C(OH)–C–C–N with tert-alkyl or cyclic N) is 1. The Hall–Kier alpha value is -0.610. The van der Waals surface area contributed by atoms with Crippen molar-refractivity contribution in [2.24, 2.45) is 0 Å². The fourth-order valence-corrected chi connectivity index (χ4v) is 1.92. The van der Waals surface area contributed by atoms with Crippen molar-refractivity contribution in [1.82, 2.24) is 5.32 Å². The maximum atomic E-state index is 11.0. The van der Waals surface area contributed by atoms with Crippen LogP contribution in [0.2, 0.25) is 0 Å². The molecule has 0 aromatic heterocycles. The first-order chi connectivity index (χ1) is 6.92. The molecule has 0 saturated heterocycles. The van der Waals surface area contributed by atoms with E-state index in [1.54, 1.807) is 6.92 Å². The van der Waals surface area contributed by atoms with Crippen LogP contribution in [0.4, 0.5) is 0 Å². The molecule has 0 aliphatic heterocycles. The van der Waals surface area contributed by atoms with Crippen molar-refractivity contribution in [3.63, 3.8) is 0 Å². The van der Waals surface area contributed by atoms with Crippen molar-refractivity contribution in [1.29, 1.82) is 0 Å². The molecule has 0 heterocycles. The Labute approximate surface area is 90.7 Å². The predicted molar refractivity (Wildman–Crippen MR) is 57.8 cm³/mol. The van der Waals surface area contributed by atoms with Gasteiger partial charge in [0.2, 0.25) is 0 Å². The number of nitrogens with one attached hydrogen (secondary N) is 1. The Morgan fingerprint density at radius 1 is 1.47 bits per heavy atom. The van der Waals surface area contributed by atoms with Crippen LogP contribution in [-0.2, 0) is 4.79 Å². The summed E-state index contributed by atoms with van der Waals surface area (Å²) in [4.78, 5) is 11.0. The lowest BCUT2D eigenvalue weighted by Gasteiger charge is -2.30. The van der Waals surface area contributed by atoms with Crippen LogP contribution in [0.25, 0.3) is 0 Å². The third-order valence-electron chi connectivity index (χ3n) is 3.52. The molecule has 1 fully saturated rings. The highest BCUT2D eigenvalue weighted by Gasteiger charge is 2.36. The van der Waals surface area contributed by atoms with Gasteiger partial charge in [-0.25, -0.2) is 0 Å². The number of aliphatic carboxylic acids is 1. The summed E-state index contributed by atoms with van der Waals surface area (Å²) in [5.74, 6) is -0.855. The average molecular weight is 215 g/mol. The molecule has 1 rings (SSSR count). The Balaban J connectivity index is 2.50.